The van der Waals surface area contributed by atoms with Gasteiger partial charge in [0.1, 0.15) is 9.48 Å². The van der Waals surface area contributed by atoms with E-state index in [4.69, 9.17) is 5.11 Å². The highest BCUT2D eigenvalue weighted by atomic mass is 79.9. The quantitative estimate of drug-likeness (QED) is 0.855. The van der Waals surface area contributed by atoms with Gasteiger partial charge in [-0.05, 0) is 22.9 Å². The van der Waals surface area contributed by atoms with Gasteiger partial charge >= 0.3 is 5.97 Å². The third kappa shape index (κ3) is 1.26. The second-order valence-corrected chi connectivity index (χ2v) is 4.30. The molecule has 0 fully saturated rings. The summed E-state index contributed by atoms with van der Waals surface area (Å²) in [6.07, 6.45) is 1.56. The van der Waals surface area contributed by atoms with E-state index in [9.17, 15) is 4.79 Å². The first-order valence-corrected chi connectivity index (χ1v) is 5.08. The van der Waals surface area contributed by atoms with E-state index in [2.05, 4.69) is 20.9 Å². The Hall–Kier alpha value is -0.880. The lowest BCUT2D eigenvalue weighted by atomic mass is 10.5. The summed E-state index contributed by atoms with van der Waals surface area (Å²) in [5.41, 5.74) is 0.864. The van der Waals surface area contributed by atoms with Crippen LogP contribution in [-0.4, -0.2) is 20.5 Å². The van der Waals surface area contributed by atoms with E-state index in [1.165, 1.54) is 0 Å². The maximum atomic E-state index is 10.6. The Morgan fingerprint density at radius 1 is 1.77 bits per heavy atom. The van der Waals surface area contributed by atoms with Crippen LogP contribution in [0, 0.1) is 6.92 Å². The Kier molecular flexibility index (Phi) is 1.88. The maximum Gasteiger partial charge on any atom is 0.347 e. The zero-order chi connectivity index (χ0) is 9.59. The van der Waals surface area contributed by atoms with Crippen LogP contribution in [0.2, 0.25) is 0 Å². The van der Waals surface area contributed by atoms with Gasteiger partial charge in [-0.1, -0.05) is 11.3 Å². The number of thiazole rings is 1. The van der Waals surface area contributed by atoms with Crippen molar-refractivity contribution >= 4 is 38.2 Å². The molecule has 1 N–H and O–H groups in total. The summed E-state index contributed by atoms with van der Waals surface area (Å²) >= 11 is 4.49. The molecule has 6 heteroatoms. The van der Waals surface area contributed by atoms with E-state index in [0.717, 1.165) is 21.6 Å². The Balaban J connectivity index is 2.72. The molecule has 0 aliphatic carbocycles. The van der Waals surface area contributed by atoms with Gasteiger partial charge in [0.05, 0.1) is 5.69 Å². The van der Waals surface area contributed by atoms with Crippen molar-refractivity contribution < 1.29 is 9.90 Å². The van der Waals surface area contributed by atoms with Crippen molar-refractivity contribution in [3.05, 3.63) is 21.4 Å². The summed E-state index contributed by atoms with van der Waals surface area (Å²) in [5.74, 6) is -0.917. The van der Waals surface area contributed by atoms with Crippen molar-refractivity contribution in [1.82, 2.24) is 9.38 Å². The maximum absolute atomic E-state index is 10.6. The zero-order valence-electron chi connectivity index (χ0n) is 6.61. The van der Waals surface area contributed by atoms with E-state index in [1.54, 1.807) is 10.6 Å². The molecule has 2 aromatic rings. The highest BCUT2D eigenvalue weighted by Gasteiger charge is 2.13. The van der Waals surface area contributed by atoms with E-state index >= 15 is 0 Å². The first-order valence-electron chi connectivity index (χ1n) is 3.47. The van der Waals surface area contributed by atoms with E-state index < -0.39 is 5.97 Å². The molecule has 13 heavy (non-hydrogen) atoms. The van der Waals surface area contributed by atoms with Crippen LogP contribution in [0.4, 0.5) is 0 Å². The first kappa shape index (κ1) is 8.71. The molecule has 2 rings (SSSR count). The number of carboxylic acid groups (broad SMARTS) is 1. The van der Waals surface area contributed by atoms with Crippen molar-refractivity contribution in [2.24, 2.45) is 0 Å². The highest BCUT2D eigenvalue weighted by Crippen LogP contribution is 2.24. The van der Waals surface area contributed by atoms with Crippen molar-refractivity contribution in [2.75, 3.05) is 0 Å². The smallest absolute Gasteiger partial charge is 0.347 e. The molecule has 0 aliphatic rings. The summed E-state index contributed by atoms with van der Waals surface area (Å²) in [6.45, 7) is 1.87. The van der Waals surface area contributed by atoms with Gasteiger partial charge in [0.25, 0.3) is 0 Å². The molecule has 4 nitrogen and oxygen atoms in total. The second-order valence-electron chi connectivity index (χ2n) is 2.54. The number of imidazole rings is 1. The molecular weight excluding hydrogens is 256 g/mol. The van der Waals surface area contributed by atoms with E-state index in [-0.39, 0.29) is 0 Å². The zero-order valence-corrected chi connectivity index (χ0v) is 9.02. The van der Waals surface area contributed by atoms with Gasteiger partial charge in [-0.3, -0.25) is 4.40 Å². The van der Waals surface area contributed by atoms with Crippen LogP contribution in [0.5, 0.6) is 0 Å². The predicted molar refractivity (Wildman–Crippen MR) is 52.5 cm³/mol. The first-order chi connectivity index (χ1) is 6.09. The predicted octanol–water partition coefficient (Wildman–Crippen LogP) is 2.16. The summed E-state index contributed by atoms with van der Waals surface area (Å²) in [5, 5.41) is 8.72. The van der Waals surface area contributed by atoms with Crippen molar-refractivity contribution in [3.63, 3.8) is 0 Å². The molecule has 0 aromatic carbocycles. The Morgan fingerprint density at radius 3 is 3.00 bits per heavy atom. The molecule has 2 aromatic heterocycles. The Bertz CT molecular complexity index is 488. The van der Waals surface area contributed by atoms with Crippen molar-refractivity contribution in [3.8, 4) is 0 Å². The molecular formula is C7H5BrN2O2S. The van der Waals surface area contributed by atoms with Crippen LogP contribution in [0.15, 0.2) is 10.8 Å². The SMILES string of the molecule is Cc1nc2sc(C(=O)O)cn2c1Br. The Morgan fingerprint density at radius 2 is 2.46 bits per heavy atom. The van der Waals surface area contributed by atoms with Crippen LogP contribution >= 0.6 is 27.3 Å². The number of carboxylic acids is 1. The van der Waals surface area contributed by atoms with Gasteiger partial charge in [-0.15, -0.1) is 0 Å². The number of fused-ring (bicyclic) bond motifs is 1. The van der Waals surface area contributed by atoms with Crippen LogP contribution < -0.4 is 0 Å². The number of aryl methyl sites for hydroxylation is 1. The Labute approximate surface area is 86.0 Å². The molecule has 0 bridgehead atoms. The van der Waals surface area contributed by atoms with Crippen LogP contribution in [0.1, 0.15) is 15.4 Å². The molecule has 0 radical (unpaired) electrons. The van der Waals surface area contributed by atoms with E-state index in [0.29, 0.717) is 9.84 Å². The van der Waals surface area contributed by atoms with Gasteiger partial charge < -0.3 is 5.11 Å². The average molecular weight is 261 g/mol. The minimum absolute atomic E-state index is 0.295. The molecule has 2 heterocycles. The minimum atomic E-state index is -0.917. The van der Waals surface area contributed by atoms with Crippen LogP contribution in [0.3, 0.4) is 0 Å². The van der Waals surface area contributed by atoms with Crippen molar-refractivity contribution in [1.29, 1.82) is 0 Å². The van der Waals surface area contributed by atoms with Crippen molar-refractivity contribution in [2.45, 2.75) is 6.92 Å². The lowest BCUT2D eigenvalue weighted by Crippen LogP contribution is -1.91. The second kappa shape index (κ2) is 2.81. The summed E-state index contributed by atoms with van der Waals surface area (Å²) in [4.78, 5) is 15.8. The number of hydrogen-bond donors (Lipinski definition) is 1. The fourth-order valence-corrected chi connectivity index (χ4v) is 2.37. The summed E-state index contributed by atoms with van der Waals surface area (Å²) in [7, 11) is 0. The normalized spacial score (nSPS) is 10.9. The number of aromatic carboxylic acids is 1. The van der Waals surface area contributed by atoms with Crippen LogP contribution in [-0.2, 0) is 0 Å². The van der Waals surface area contributed by atoms with Gasteiger partial charge in [0.2, 0.25) is 0 Å². The molecule has 0 saturated carbocycles. The van der Waals surface area contributed by atoms with Crippen LogP contribution in [0.25, 0.3) is 4.96 Å². The number of nitrogens with zero attached hydrogens (tertiary/aromatic N) is 2. The number of hydrogen-bond acceptors (Lipinski definition) is 3. The standard InChI is InChI=1S/C7H5BrN2O2S/c1-3-5(8)10-2-4(6(11)12)13-7(10)9-3/h2H,1H3,(H,11,12). The molecule has 68 valence electrons. The van der Waals surface area contributed by atoms with Gasteiger partial charge in [0.15, 0.2) is 4.96 Å². The fraction of sp³-hybridized carbons (Fsp3) is 0.143. The molecule has 0 aliphatic heterocycles. The number of halogens is 1. The number of carbonyl (C=O) groups is 1. The molecule has 0 atom stereocenters. The largest absolute Gasteiger partial charge is 0.477 e. The lowest BCUT2D eigenvalue weighted by molar-refractivity contribution is 0.0702. The monoisotopic (exact) mass is 260 g/mol. The summed E-state index contributed by atoms with van der Waals surface area (Å²) in [6, 6.07) is 0. The van der Waals surface area contributed by atoms with E-state index in [1.807, 2.05) is 6.92 Å². The number of rotatable bonds is 1. The highest BCUT2D eigenvalue weighted by molar-refractivity contribution is 9.10. The topological polar surface area (TPSA) is 54.6 Å². The lowest BCUT2D eigenvalue weighted by Gasteiger charge is -1.86. The van der Waals surface area contributed by atoms with Gasteiger partial charge in [0, 0.05) is 6.20 Å². The van der Waals surface area contributed by atoms with Gasteiger partial charge in [-0.25, -0.2) is 9.78 Å². The number of aromatic nitrogens is 2. The molecule has 0 saturated heterocycles. The fourth-order valence-electron chi connectivity index (χ4n) is 1.03. The molecule has 0 unspecified atom stereocenters. The molecule has 0 spiro atoms. The third-order valence-corrected chi connectivity index (χ3v) is 3.56. The van der Waals surface area contributed by atoms with Gasteiger partial charge in [-0.2, -0.15) is 0 Å². The average Bonchev–Trinajstić information content (AvgIpc) is 2.55. The third-order valence-electron chi connectivity index (χ3n) is 1.64. The minimum Gasteiger partial charge on any atom is -0.477 e. The summed E-state index contributed by atoms with van der Waals surface area (Å²) < 4.78 is 2.54. The molecule has 0 amide bonds.